The maximum absolute atomic E-state index is 12.5. The number of ether oxygens (including phenoxy) is 1. The first-order valence-electron chi connectivity index (χ1n) is 10.3. The topological polar surface area (TPSA) is 73.9 Å². The van der Waals surface area contributed by atoms with Gasteiger partial charge in [-0.15, -0.1) is 0 Å². The number of carbonyl (C=O) groups excluding carboxylic acids is 2. The molecule has 0 bridgehead atoms. The number of hydrogen-bond donors (Lipinski definition) is 2. The largest absolute Gasteiger partial charge is 0.492 e. The average molecular weight is 425 g/mol. The normalized spacial score (nSPS) is 15.9. The van der Waals surface area contributed by atoms with Gasteiger partial charge in [0.15, 0.2) is 0 Å². The Balaban J connectivity index is 1.79. The summed E-state index contributed by atoms with van der Waals surface area (Å²) in [7, 11) is 0. The quantitative estimate of drug-likeness (QED) is 0.670. The molecule has 0 saturated carbocycles. The third-order valence-corrected chi connectivity index (χ3v) is 5.10. The summed E-state index contributed by atoms with van der Waals surface area (Å²) in [5.41, 5.74) is 0.632. The van der Waals surface area contributed by atoms with Crippen LogP contribution in [0.2, 0.25) is 5.02 Å². The summed E-state index contributed by atoms with van der Waals surface area (Å²) in [4.78, 5) is 28.4. The Labute approximate surface area is 178 Å². The van der Waals surface area contributed by atoms with E-state index >= 15 is 0 Å². The van der Waals surface area contributed by atoms with Gasteiger partial charge in [-0.05, 0) is 37.5 Å². The highest BCUT2D eigenvalue weighted by Gasteiger charge is 2.23. The van der Waals surface area contributed by atoms with Crippen molar-refractivity contribution in [2.75, 3.05) is 44.6 Å². The predicted octanol–water partition coefficient (Wildman–Crippen LogP) is 3.44. The number of benzene rings is 1. The summed E-state index contributed by atoms with van der Waals surface area (Å²) >= 11 is 6.26. The predicted molar refractivity (Wildman–Crippen MR) is 117 cm³/mol. The fourth-order valence-electron chi connectivity index (χ4n) is 2.89. The molecule has 0 aliphatic carbocycles. The van der Waals surface area contributed by atoms with Gasteiger partial charge in [0.1, 0.15) is 5.75 Å². The molecule has 2 rings (SSSR count). The molecule has 2 N–H and O–H groups in total. The van der Waals surface area contributed by atoms with Crippen LogP contribution in [0.1, 0.15) is 34.1 Å². The number of halogens is 1. The zero-order valence-corrected chi connectivity index (χ0v) is 18.6. The molecule has 0 radical (unpaired) electrons. The summed E-state index contributed by atoms with van der Waals surface area (Å²) in [6, 6.07) is 5.28. The molecule has 1 saturated heterocycles. The fourth-order valence-corrected chi connectivity index (χ4v) is 3.12. The Kier molecular flexibility index (Phi) is 9.04. The highest BCUT2D eigenvalue weighted by Crippen LogP contribution is 2.28. The average Bonchev–Trinajstić information content (AvgIpc) is 2.67. The molecule has 1 aliphatic heterocycles. The maximum atomic E-state index is 12.5. The highest BCUT2D eigenvalue weighted by atomic mass is 35.5. The van der Waals surface area contributed by atoms with Crippen molar-refractivity contribution < 1.29 is 14.3 Å². The molecule has 8 heteroatoms. The SMILES string of the molecule is CCC(C)NC(=O)CN1CCN(C(=O)Nc2ccc(OCC(C)C)c(Cl)c2)CC1. The first-order chi connectivity index (χ1) is 13.8. The van der Waals surface area contributed by atoms with E-state index in [0.717, 1.165) is 6.42 Å². The van der Waals surface area contributed by atoms with Crippen molar-refractivity contribution in [2.24, 2.45) is 5.92 Å². The standard InChI is InChI=1S/C21H33ClN4O3/c1-5-16(4)23-20(27)13-25-8-10-26(11-9-25)21(28)24-17-6-7-19(18(22)12-17)29-14-15(2)3/h6-7,12,15-16H,5,8-11,13-14H2,1-4H3,(H,23,27)(H,24,28). The van der Waals surface area contributed by atoms with E-state index in [1.807, 2.05) is 13.8 Å². The lowest BCUT2D eigenvalue weighted by Crippen LogP contribution is -2.52. The van der Waals surface area contributed by atoms with Crippen molar-refractivity contribution >= 4 is 29.2 Å². The van der Waals surface area contributed by atoms with Crippen LogP contribution in [-0.4, -0.2) is 67.1 Å². The Hall–Kier alpha value is -1.99. The second kappa shape index (κ2) is 11.3. The van der Waals surface area contributed by atoms with Crippen LogP contribution in [0.15, 0.2) is 18.2 Å². The molecule has 1 atom stereocenters. The van der Waals surface area contributed by atoms with Crippen molar-refractivity contribution in [1.29, 1.82) is 0 Å². The lowest BCUT2D eigenvalue weighted by atomic mass is 10.2. The van der Waals surface area contributed by atoms with E-state index < -0.39 is 0 Å². The molecular weight excluding hydrogens is 392 g/mol. The monoisotopic (exact) mass is 424 g/mol. The van der Waals surface area contributed by atoms with E-state index in [2.05, 4.69) is 29.4 Å². The van der Waals surface area contributed by atoms with Crippen molar-refractivity contribution in [2.45, 2.75) is 40.2 Å². The molecule has 162 valence electrons. The Morgan fingerprint density at radius 2 is 1.86 bits per heavy atom. The first-order valence-corrected chi connectivity index (χ1v) is 10.7. The van der Waals surface area contributed by atoms with Crippen LogP contribution >= 0.6 is 11.6 Å². The van der Waals surface area contributed by atoms with Gasteiger partial charge in [-0.25, -0.2) is 4.79 Å². The zero-order chi connectivity index (χ0) is 21.4. The van der Waals surface area contributed by atoms with Gasteiger partial charge in [-0.2, -0.15) is 0 Å². The van der Waals surface area contributed by atoms with E-state index in [9.17, 15) is 9.59 Å². The number of nitrogens with one attached hydrogen (secondary N) is 2. The second-order valence-electron chi connectivity index (χ2n) is 7.92. The number of carbonyl (C=O) groups is 2. The number of piperazine rings is 1. The first kappa shape index (κ1) is 23.3. The molecule has 7 nitrogen and oxygen atoms in total. The minimum atomic E-state index is -0.166. The molecule has 1 fully saturated rings. The number of amides is 3. The van der Waals surface area contributed by atoms with Gasteiger partial charge in [-0.1, -0.05) is 32.4 Å². The van der Waals surface area contributed by atoms with Gasteiger partial charge in [0.2, 0.25) is 5.91 Å². The van der Waals surface area contributed by atoms with Gasteiger partial charge in [-0.3, -0.25) is 9.69 Å². The maximum Gasteiger partial charge on any atom is 0.321 e. The van der Waals surface area contributed by atoms with Crippen LogP contribution in [0.3, 0.4) is 0 Å². The van der Waals surface area contributed by atoms with Crippen LogP contribution < -0.4 is 15.4 Å². The number of urea groups is 1. The molecule has 29 heavy (non-hydrogen) atoms. The number of rotatable bonds is 8. The molecule has 1 heterocycles. The summed E-state index contributed by atoms with van der Waals surface area (Å²) in [5, 5.41) is 6.33. The van der Waals surface area contributed by atoms with Crippen LogP contribution in [0.5, 0.6) is 5.75 Å². The van der Waals surface area contributed by atoms with Crippen LogP contribution in [-0.2, 0) is 4.79 Å². The molecule has 1 aromatic carbocycles. The third kappa shape index (κ3) is 7.74. The van der Waals surface area contributed by atoms with Crippen LogP contribution in [0.4, 0.5) is 10.5 Å². The Bertz CT molecular complexity index is 691. The zero-order valence-electron chi connectivity index (χ0n) is 17.8. The lowest BCUT2D eigenvalue weighted by Gasteiger charge is -2.34. The second-order valence-corrected chi connectivity index (χ2v) is 8.33. The molecule has 3 amide bonds. The number of nitrogens with zero attached hydrogens (tertiary/aromatic N) is 2. The minimum Gasteiger partial charge on any atom is -0.492 e. The summed E-state index contributed by atoms with van der Waals surface area (Å²) in [6.45, 7) is 11.6. The number of hydrogen-bond acceptors (Lipinski definition) is 4. The van der Waals surface area contributed by atoms with Crippen LogP contribution in [0, 0.1) is 5.92 Å². The molecule has 0 aromatic heterocycles. The lowest BCUT2D eigenvalue weighted by molar-refractivity contribution is -0.123. The van der Waals surface area contributed by atoms with E-state index in [1.54, 1.807) is 23.1 Å². The fraction of sp³-hybridized carbons (Fsp3) is 0.619. The number of anilines is 1. The van der Waals surface area contributed by atoms with E-state index in [1.165, 1.54) is 0 Å². The Morgan fingerprint density at radius 3 is 2.45 bits per heavy atom. The molecule has 1 aromatic rings. The molecule has 1 aliphatic rings. The smallest absolute Gasteiger partial charge is 0.321 e. The summed E-state index contributed by atoms with van der Waals surface area (Å²) < 4.78 is 5.66. The van der Waals surface area contributed by atoms with Gasteiger partial charge in [0.25, 0.3) is 0 Å². The summed E-state index contributed by atoms with van der Waals surface area (Å²) in [6.07, 6.45) is 0.911. The van der Waals surface area contributed by atoms with E-state index in [-0.39, 0.29) is 18.0 Å². The summed E-state index contributed by atoms with van der Waals surface area (Å²) in [5.74, 6) is 1.06. The van der Waals surface area contributed by atoms with Gasteiger partial charge < -0.3 is 20.3 Å². The minimum absolute atomic E-state index is 0.0340. The van der Waals surface area contributed by atoms with Crippen molar-refractivity contribution in [3.63, 3.8) is 0 Å². The van der Waals surface area contributed by atoms with Crippen molar-refractivity contribution in [3.05, 3.63) is 23.2 Å². The van der Waals surface area contributed by atoms with Gasteiger partial charge in [0.05, 0.1) is 18.2 Å². The van der Waals surface area contributed by atoms with Crippen LogP contribution in [0.25, 0.3) is 0 Å². The third-order valence-electron chi connectivity index (χ3n) is 4.80. The molecule has 0 spiro atoms. The van der Waals surface area contributed by atoms with Crippen molar-refractivity contribution in [3.8, 4) is 5.75 Å². The van der Waals surface area contributed by atoms with Gasteiger partial charge in [0, 0.05) is 37.9 Å². The Morgan fingerprint density at radius 1 is 1.17 bits per heavy atom. The molecular formula is C21H33ClN4O3. The van der Waals surface area contributed by atoms with E-state index in [0.29, 0.717) is 61.7 Å². The van der Waals surface area contributed by atoms with Crippen molar-refractivity contribution in [1.82, 2.24) is 15.1 Å². The van der Waals surface area contributed by atoms with Gasteiger partial charge >= 0.3 is 6.03 Å². The highest BCUT2D eigenvalue weighted by molar-refractivity contribution is 6.32. The van der Waals surface area contributed by atoms with E-state index in [4.69, 9.17) is 16.3 Å². The molecule has 1 unspecified atom stereocenters.